The van der Waals surface area contributed by atoms with E-state index >= 15 is 0 Å². The van der Waals surface area contributed by atoms with Crippen molar-refractivity contribution in [3.8, 4) is 0 Å². The quantitative estimate of drug-likeness (QED) is 0.426. The van der Waals surface area contributed by atoms with E-state index in [1.807, 2.05) is 0 Å². The monoisotopic (exact) mass is 486 g/mol. The van der Waals surface area contributed by atoms with Gasteiger partial charge in [0.1, 0.15) is 0 Å². The van der Waals surface area contributed by atoms with Crippen LogP contribution in [0, 0.1) is 3.57 Å². The minimum atomic E-state index is -4.52. The first-order valence-electron chi connectivity index (χ1n) is 7.12. The molecule has 0 bridgehead atoms. The molecule has 2 aromatic carbocycles. The molecule has 0 aromatic heterocycles. The van der Waals surface area contributed by atoms with E-state index in [0.29, 0.717) is 24.3 Å². The maximum Gasteiger partial charge on any atom is 0.416 e. The largest absolute Gasteiger partial charge is 0.416 e. The molecular formula is C17H18F3IO3S. The summed E-state index contributed by atoms with van der Waals surface area (Å²) in [6.07, 6.45) is -4.52. The molecule has 0 spiro atoms. The zero-order valence-corrected chi connectivity index (χ0v) is 16.8. The van der Waals surface area contributed by atoms with Crippen molar-refractivity contribution in [1.29, 1.82) is 0 Å². The van der Waals surface area contributed by atoms with Gasteiger partial charge in [0, 0.05) is 3.57 Å². The molecule has 138 valence electrons. The number of alkyl halides is 3. The Labute approximate surface area is 159 Å². The Morgan fingerprint density at radius 2 is 1.24 bits per heavy atom. The van der Waals surface area contributed by atoms with Crippen molar-refractivity contribution in [2.45, 2.75) is 37.3 Å². The highest BCUT2D eigenvalue weighted by atomic mass is 127. The normalized spacial score (nSPS) is 12.3. The molecule has 3 nitrogen and oxygen atoms in total. The lowest BCUT2D eigenvalue weighted by Crippen LogP contribution is -2.10. The fourth-order valence-corrected chi connectivity index (χ4v) is 2.61. The molecule has 2 rings (SSSR count). The topological polar surface area (TPSA) is 54.4 Å². The highest BCUT2D eigenvalue weighted by Gasteiger charge is 2.30. The summed E-state index contributed by atoms with van der Waals surface area (Å²) < 4.78 is 66.7. The molecule has 2 aromatic rings. The standard InChI is InChI=1S/C10H13I.C7H5F3O3S/c1-10(2,3)8-4-6-9(11)7-5-8;8-7(9,10)5-1-3-6(4-2-5)14(11,12)13/h4-7H,1-3H3;1-4H,(H,11,12,13). The van der Waals surface area contributed by atoms with Crippen LogP contribution in [0.15, 0.2) is 53.4 Å². The van der Waals surface area contributed by atoms with E-state index in [0.717, 1.165) is 0 Å². The lowest BCUT2D eigenvalue weighted by atomic mass is 9.87. The highest BCUT2D eigenvalue weighted by Crippen LogP contribution is 2.29. The summed E-state index contributed by atoms with van der Waals surface area (Å²) in [5.41, 5.74) is 0.715. The van der Waals surface area contributed by atoms with Gasteiger partial charge >= 0.3 is 6.18 Å². The Bertz CT molecular complexity index is 791. The number of rotatable bonds is 1. The molecule has 0 aliphatic rings. The van der Waals surface area contributed by atoms with Gasteiger partial charge in [-0.15, -0.1) is 0 Å². The van der Waals surface area contributed by atoms with Crippen molar-refractivity contribution < 1.29 is 26.1 Å². The maximum atomic E-state index is 12.0. The van der Waals surface area contributed by atoms with E-state index in [2.05, 4.69) is 67.6 Å². The Balaban J connectivity index is 0.000000257. The van der Waals surface area contributed by atoms with Gasteiger partial charge in [0.15, 0.2) is 0 Å². The first-order chi connectivity index (χ1) is 11.2. The highest BCUT2D eigenvalue weighted by molar-refractivity contribution is 14.1. The second-order valence-corrected chi connectivity index (χ2v) is 8.92. The fourth-order valence-electron chi connectivity index (χ4n) is 1.77. The number of benzene rings is 2. The van der Waals surface area contributed by atoms with Crippen molar-refractivity contribution in [2.75, 3.05) is 0 Å². The van der Waals surface area contributed by atoms with E-state index in [1.165, 1.54) is 9.13 Å². The van der Waals surface area contributed by atoms with Crippen LogP contribution in [-0.4, -0.2) is 13.0 Å². The maximum absolute atomic E-state index is 12.0. The van der Waals surface area contributed by atoms with Crippen molar-refractivity contribution in [3.63, 3.8) is 0 Å². The molecule has 0 saturated heterocycles. The number of hydrogen-bond donors (Lipinski definition) is 1. The predicted octanol–water partition coefficient (Wildman–Crippen LogP) is 5.54. The molecule has 0 atom stereocenters. The van der Waals surface area contributed by atoms with Crippen molar-refractivity contribution in [1.82, 2.24) is 0 Å². The summed E-state index contributed by atoms with van der Waals surface area (Å²) >= 11 is 2.32. The average molecular weight is 486 g/mol. The molecule has 0 fully saturated rings. The molecule has 0 unspecified atom stereocenters. The Hall–Kier alpha value is -1.13. The molecule has 0 saturated carbocycles. The zero-order valence-electron chi connectivity index (χ0n) is 13.8. The van der Waals surface area contributed by atoms with Crippen molar-refractivity contribution in [3.05, 3.63) is 63.2 Å². The first kappa shape index (κ1) is 21.9. The van der Waals surface area contributed by atoms with Gasteiger partial charge in [-0.2, -0.15) is 21.6 Å². The summed E-state index contributed by atoms with van der Waals surface area (Å²) in [6.45, 7) is 6.69. The summed E-state index contributed by atoms with van der Waals surface area (Å²) in [5.74, 6) is 0. The summed E-state index contributed by atoms with van der Waals surface area (Å²) in [4.78, 5) is -0.564. The number of hydrogen-bond acceptors (Lipinski definition) is 2. The van der Waals surface area contributed by atoms with Gasteiger partial charge in [-0.05, 0) is 70.0 Å². The van der Waals surface area contributed by atoms with E-state index in [4.69, 9.17) is 4.55 Å². The van der Waals surface area contributed by atoms with E-state index in [9.17, 15) is 21.6 Å². The molecular weight excluding hydrogens is 468 g/mol. The summed E-state index contributed by atoms with van der Waals surface area (Å²) in [7, 11) is -4.43. The third-order valence-electron chi connectivity index (χ3n) is 3.19. The van der Waals surface area contributed by atoms with Crippen LogP contribution in [0.3, 0.4) is 0 Å². The van der Waals surface area contributed by atoms with Crippen LogP contribution in [-0.2, 0) is 21.7 Å². The Morgan fingerprint density at radius 1 is 0.840 bits per heavy atom. The van der Waals surface area contributed by atoms with Gasteiger partial charge in [-0.25, -0.2) is 0 Å². The van der Waals surface area contributed by atoms with Gasteiger partial charge in [-0.3, -0.25) is 4.55 Å². The second kappa shape index (κ2) is 8.05. The second-order valence-electron chi connectivity index (χ2n) is 6.25. The van der Waals surface area contributed by atoms with Crippen LogP contribution >= 0.6 is 22.6 Å². The Morgan fingerprint density at radius 3 is 1.56 bits per heavy atom. The van der Waals surface area contributed by atoms with Crippen LogP contribution in [0.2, 0.25) is 0 Å². The SMILES string of the molecule is CC(C)(C)c1ccc(I)cc1.O=S(=O)(O)c1ccc(C(F)(F)F)cc1. The summed E-state index contributed by atoms with van der Waals surface area (Å²) in [6, 6.07) is 11.3. The lowest BCUT2D eigenvalue weighted by molar-refractivity contribution is -0.137. The average Bonchev–Trinajstić information content (AvgIpc) is 2.46. The molecule has 8 heteroatoms. The summed E-state index contributed by atoms with van der Waals surface area (Å²) in [5, 5.41) is 0. The van der Waals surface area contributed by atoms with E-state index in [-0.39, 0.29) is 5.41 Å². The van der Waals surface area contributed by atoms with Crippen molar-refractivity contribution in [2.24, 2.45) is 0 Å². The van der Waals surface area contributed by atoms with Crippen LogP contribution in [0.25, 0.3) is 0 Å². The molecule has 0 radical (unpaired) electrons. The lowest BCUT2D eigenvalue weighted by Gasteiger charge is -2.18. The van der Waals surface area contributed by atoms with Crippen LogP contribution in [0.1, 0.15) is 31.9 Å². The van der Waals surface area contributed by atoms with Gasteiger partial charge in [-0.1, -0.05) is 32.9 Å². The van der Waals surface area contributed by atoms with E-state index < -0.39 is 26.8 Å². The molecule has 0 aliphatic heterocycles. The van der Waals surface area contributed by atoms with Crippen molar-refractivity contribution >= 4 is 32.7 Å². The molecule has 0 heterocycles. The Kier molecular flexibility index (Phi) is 7.05. The zero-order chi connectivity index (χ0) is 19.5. The number of halogens is 4. The van der Waals surface area contributed by atoms with Gasteiger partial charge < -0.3 is 0 Å². The van der Waals surface area contributed by atoms with Gasteiger partial charge in [0.25, 0.3) is 10.1 Å². The first-order valence-corrected chi connectivity index (χ1v) is 9.64. The van der Waals surface area contributed by atoms with Gasteiger partial charge in [0.05, 0.1) is 10.5 Å². The minimum absolute atomic E-state index is 0.282. The van der Waals surface area contributed by atoms with Gasteiger partial charge in [0.2, 0.25) is 0 Å². The third kappa shape index (κ3) is 7.33. The predicted molar refractivity (Wildman–Crippen MR) is 99.1 cm³/mol. The van der Waals surface area contributed by atoms with Crippen LogP contribution in [0.5, 0.6) is 0 Å². The van der Waals surface area contributed by atoms with Crippen LogP contribution < -0.4 is 0 Å². The molecule has 25 heavy (non-hydrogen) atoms. The fraction of sp³-hybridized carbons (Fsp3) is 0.294. The molecule has 0 amide bonds. The smallest absolute Gasteiger partial charge is 0.282 e. The minimum Gasteiger partial charge on any atom is -0.282 e. The van der Waals surface area contributed by atoms with E-state index in [1.54, 1.807) is 0 Å². The molecule has 1 N–H and O–H groups in total. The van der Waals surface area contributed by atoms with Crippen LogP contribution in [0.4, 0.5) is 13.2 Å². The third-order valence-corrected chi connectivity index (χ3v) is 4.78. The molecule has 0 aliphatic carbocycles.